The lowest BCUT2D eigenvalue weighted by Gasteiger charge is -2.15. The zero-order valence-electron chi connectivity index (χ0n) is 8.55. The van der Waals surface area contributed by atoms with Gasteiger partial charge in [0.2, 0.25) is 0 Å². The predicted molar refractivity (Wildman–Crippen MR) is 54.3 cm³/mol. The SMILES string of the molecule is CCc1ccc2c(c1)C(C)(C)CO2. The number of benzene rings is 1. The minimum Gasteiger partial charge on any atom is -0.492 e. The Morgan fingerprint density at radius 1 is 1.38 bits per heavy atom. The van der Waals surface area contributed by atoms with Crippen LogP contribution in [0.1, 0.15) is 31.9 Å². The third-order valence-electron chi connectivity index (χ3n) is 2.77. The highest BCUT2D eigenvalue weighted by Gasteiger charge is 2.31. The van der Waals surface area contributed by atoms with Gasteiger partial charge in [-0.15, -0.1) is 0 Å². The van der Waals surface area contributed by atoms with Crippen molar-refractivity contribution in [3.63, 3.8) is 0 Å². The van der Waals surface area contributed by atoms with Crippen molar-refractivity contribution in [2.24, 2.45) is 0 Å². The summed E-state index contributed by atoms with van der Waals surface area (Å²) in [6.07, 6.45) is 1.10. The van der Waals surface area contributed by atoms with Gasteiger partial charge in [-0.3, -0.25) is 0 Å². The average Bonchev–Trinajstić information content (AvgIpc) is 2.42. The molecule has 2 rings (SSSR count). The molecule has 1 aromatic carbocycles. The number of fused-ring (bicyclic) bond motifs is 1. The molecule has 0 saturated heterocycles. The lowest BCUT2D eigenvalue weighted by molar-refractivity contribution is 0.291. The minimum absolute atomic E-state index is 0.195. The van der Waals surface area contributed by atoms with E-state index in [1.54, 1.807) is 0 Å². The number of hydrogen-bond donors (Lipinski definition) is 0. The Hall–Kier alpha value is -0.980. The molecule has 70 valence electrons. The number of aryl methyl sites for hydroxylation is 1. The van der Waals surface area contributed by atoms with Gasteiger partial charge < -0.3 is 4.74 Å². The molecule has 0 bridgehead atoms. The maximum Gasteiger partial charge on any atom is 0.123 e. The van der Waals surface area contributed by atoms with Crippen LogP contribution in [0.5, 0.6) is 5.75 Å². The van der Waals surface area contributed by atoms with Crippen molar-refractivity contribution in [2.45, 2.75) is 32.6 Å². The summed E-state index contributed by atoms with van der Waals surface area (Å²) in [5, 5.41) is 0. The van der Waals surface area contributed by atoms with E-state index in [2.05, 4.69) is 39.0 Å². The van der Waals surface area contributed by atoms with E-state index in [0.29, 0.717) is 0 Å². The van der Waals surface area contributed by atoms with Crippen LogP contribution < -0.4 is 4.74 Å². The largest absolute Gasteiger partial charge is 0.492 e. The van der Waals surface area contributed by atoms with Crippen LogP contribution >= 0.6 is 0 Å². The van der Waals surface area contributed by atoms with Crippen molar-refractivity contribution in [3.8, 4) is 5.75 Å². The number of rotatable bonds is 1. The van der Waals surface area contributed by atoms with Gasteiger partial charge in [0.15, 0.2) is 0 Å². The van der Waals surface area contributed by atoms with Gasteiger partial charge in [-0.05, 0) is 18.1 Å². The van der Waals surface area contributed by atoms with Gasteiger partial charge in [-0.1, -0.05) is 32.9 Å². The first kappa shape index (κ1) is 8.61. The molecule has 13 heavy (non-hydrogen) atoms. The predicted octanol–water partition coefficient (Wildman–Crippen LogP) is 2.92. The summed E-state index contributed by atoms with van der Waals surface area (Å²) in [5.74, 6) is 1.07. The Labute approximate surface area is 79.7 Å². The van der Waals surface area contributed by atoms with Crippen LogP contribution in [-0.4, -0.2) is 6.61 Å². The third-order valence-corrected chi connectivity index (χ3v) is 2.77. The van der Waals surface area contributed by atoms with E-state index in [0.717, 1.165) is 18.8 Å². The van der Waals surface area contributed by atoms with Gasteiger partial charge in [0, 0.05) is 11.0 Å². The van der Waals surface area contributed by atoms with Crippen LogP contribution in [0.2, 0.25) is 0 Å². The van der Waals surface area contributed by atoms with Crippen molar-refractivity contribution >= 4 is 0 Å². The van der Waals surface area contributed by atoms with Gasteiger partial charge >= 0.3 is 0 Å². The molecule has 1 aliphatic heterocycles. The monoisotopic (exact) mass is 176 g/mol. The van der Waals surface area contributed by atoms with E-state index in [-0.39, 0.29) is 5.41 Å². The van der Waals surface area contributed by atoms with Crippen LogP contribution in [0.15, 0.2) is 18.2 Å². The van der Waals surface area contributed by atoms with E-state index in [1.165, 1.54) is 11.1 Å². The Bertz CT molecular complexity index is 326. The van der Waals surface area contributed by atoms with Crippen LogP contribution in [0.25, 0.3) is 0 Å². The molecular formula is C12H16O. The van der Waals surface area contributed by atoms with E-state index < -0.39 is 0 Å². The molecule has 0 atom stereocenters. The van der Waals surface area contributed by atoms with E-state index in [9.17, 15) is 0 Å². The second-order valence-electron chi connectivity index (χ2n) is 4.36. The third kappa shape index (κ3) is 1.32. The first-order valence-electron chi connectivity index (χ1n) is 4.90. The van der Waals surface area contributed by atoms with Gasteiger partial charge in [0.05, 0.1) is 6.61 Å². The topological polar surface area (TPSA) is 9.23 Å². The van der Waals surface area contributed by atoms with Gasteiger partial charge in [0.1, 0.15) is 5.75 Å². The normalized spacial score (nSPS) is 18.1. The molecular weight excluding hydrogens is 160 g/mol. The summed E-state index contributed by atoms with van der Waals surface area (Å²) in [6, 6.07) is 6.53. The summed E-state index contributed by atoms with van der Waals surface area (Å²) in [4.78, 5) is 0. The fraction of sp³-hybridized carbons (Fsp3) is 0.500. The smallest absolute Gasteiger partial charge is 0.123 e. The van der Waals surface area contributed by atoms with Crippen LogP contribution in [0.3, 0.4) is 0 Å². The van der Waals surface area contributed by atoms with Crippen molar-refractivity contribution in [2.75, 3.05) is 6.61 Å². The standard InChI is InChI=1S/C12H16O/c1-4-9-5-6-11-10(7-9)12(2,3)8-13-11/h5-7H,4,8H2,1-3H3. The molecule has 1 nitrogen and oxygen atoms in total. The van der Waals surface area contributed by atoms with Crippen LogP contribution in [0.4, 0.5) is 0 Å². The van der Waals surface area contributed by atoms with Gasteiger partial charge in [0.25, 0.3) is 0 Å². The van der Waals surface area contributed by atoms with Crippen molar-refractivity contribution in [1.29, 1.82) is 0 Å². The maximum absolute atomic E-state index is 5.61. The lowest BCUT2D eigenvalue weighted by atomic mass is 9.86. The zero-order chi connectivity index (χ0) is 9.47. The highest BCUT2D eigenvalue weighted by Crippen LogP contribution is 2.38. The summed E-state index contributed by atoms with van der Waals surface area (Å²) in [6.45, 7) is 7.47. The Kier molecular flexibility index (Phi) is 1.83. The Balaban J connectivity index is 2.50. The van der Waals surface area contributed by atoms with Crippen LogP contribution in [0, 0.1) is 0 Å². The highest BCUT2D eigenvalue weighted by atomic mass is 16.5. The average molecular weight is 176 g/mol. The summed E-state index contributed by atoms with van der Waals surface area (Å²) in [7, 11) is 0. The van der Waals surface area contributed by atoms with Crippen LogP contribution in [-0.2, 0) is 11.8 Å². The molecule has 0 spiro atoms. The summed E-state index contributed by atoms with van der Waals surface area (Å²) >= 11 is 0. The van der Waals surface area contributed by atoms with Crippen molar-refractivity contribution in [3.05, 3.63) is 29.3 Å². The van der Waals surface area contributed by atoms with Gasteiger partial charge in [-0.25, -0.2) is 0 Å². The van der Waals surface area contributed by atoms with E-state index in [4.69, 9.17) is 4.74 Å². The van der Waals surface area contributed by atoms with E-state index in [1.807, 2.05) is 0 Å². The Morgan fingerprint density at radius 2 is 2.15 bits per heavy atom. The molecule has 0 amide bonds. The Morgan fingerprint density at radius 3 is 2.85 bits per heavy atom. The minimum atomic E-state index is 0.195. The molecule has 0 unspecified atom stereocenters. The highest BCUT2D eigenvalue weighted by molar-refractivity contribution is 5.45. The molecule has 1 aromatic rings. The fourth-order valence-corrected chi connectivity index (χ4v) is 1.79. The summed E-state index contributed by atoms with van der Waals surface area (Å²) in [5.41, 5.74) is 2.96. The first-order valence-corrected chi connectivity index (χ1v) is 4.90. The molecule has 0 aromatic heterocycles. The molecule has 1 aliphatic rings. The molecule has 0 saturated carbocycles. The summed E-state index contributed by atoms with van der Waals surface area (Å²) < 4.78 is 5.61. The first-order chi connectivity index (χ1) is 6.13. The van der Waals surface area contributed by atoms with Gasteiger partial charge in [-0.2, -0.15) is 0 Å². The van der Waals surface area contributed by atoms with E-state index >= 15 is 0 Å². The quantitative estimate of drug-likeness (QED) is 0.639. The van der Waals surface area contributed by atoms with Crippen molar-refractivity contribution in [1.82, 2.24) is 0 Å². The molecule has 0 aliphatic carbocycles. The second kappa shape index (κ2) is 2.76. The molecule has 0 N–H and O–H groups in total. The molecule has 1 heterocycles. The zero-order valence-corrected chi connectivity index (χ0v) is 8.55. The second-order valence-corrected chi connectivity index (χ2v) is 4.36. The fourth-order valence-electron chi connectivity index (χ4n) is 1.79. The number of hydrogen-bond acceptors (Lipinski definition) is 1. The number of ether oxygens (including phenoxy) is 1. The molecule has 0 radical (unpaired) electrons. The molecule has 0 fully saturated rings. The molecule has 1 heteroatoms. The van der Waals surface area contributed by atoms with Crippen molar-refractivity contribution < 1.29 is 4.74 Å². The maximum atomic E-state index is 5.61. The lowest BCUT2D eigenvalue weighted by Crippen LogP contribution is -2.18.